The van der Waals surface area contributed by atoms with Crippen molar-refractivity contribution < 1.29 is 19.3 Å². The summed E-state index contributed by atoms with van der Waals surface area (Å²) < 4.78 is 5.08. The Kier molecular flexibility index (Phi) is 5.47. The van der Waals surface area contributed by atoms with Gasteiger partial charge in [0.15, 0.2) is 0 Å². The first-order chi connectivity index (χ1) is 10.3. The quantitative estimate of drug-likeness (QED) is 0.517. The predicted octanol–water partition coefficient (Wildman–Crippen LogP) is -0.606. The van der Waals surface area contributed by atoms with Crippen LogP contribution in [-0.4, -0.2) is 48.2 Å². The van der Waals surface area contributed by atoms with E-state index in [0.29, 0.717) is 25.7 Å². The summed E-state index contributed by atoms with van der Waals surface area (Å²) in [6.45, 7) is 4.29. The number of nitrogens with one attached hydrogen (secondary N) is 2. The van der Waals surface area contributed by atoms with Crippen LogP contribution in [0.3, 0.4) is 0 Å². The first kappa shape index (κ1) is 17.2. The Morgan fingerprint density at radius 1 is 1.55 bits per heavy atom. The van der Waals surface area contributed by atoms with Crippen LogP contribution < -0.4 is 16.4 Å². The molecule has 2 aliphatic rings. The maximum atomic E-state index is 12.3. The number of hydrogen-bond acceptors (Lipinski definition) is 6. The van der Waals surface area contributed by atoms with Crippen LogP contribution in [0.5, 0.6) is 0 Å². The van der Waals surface area contributed by atoms with Crippen molar-refractivity contribution in [1.29, 1.82) is 0 Å². The fraction of sp³-hybridized carbons (Fsp3) is 0.857. The molecule has 2 heterocycles. The molecule has 22 heavy (non-hydrogen) atoms. The second kappa shape index (κ2) is 6.98. The third-order valence-electron chi connectivity index (χ3n) is 4.59. The highest BCUT2D eigenvalue weighted by Crippen LogP contribution is 2.30. The van der Waals surface area contributed by atoms with Crippen molar-refractivity contribution in [2.45, 2.75) is 63.5 Å². The van der Waals surface area contributed by atoms with Gasteiger partial charge in [0.25, 0.3) is 0 Å². The summed E-state index contributed by atoms with van der Waals surface area (Å²) in [5.41, 5.74) is 5.04. The topological polar surface area (TPSA) is 114 Å². The minimum absolute atomic E-state index is 0.0600. The lowest BCUT2D eigenvalue weighted by atomic mass is 9.77. The molecule has 0 radical (unpaired) electrons. The first-order valence-corrected chi connectivity index (χ1v) is 8.04. The summed E-state index contributed by atoms with van der Waals surface area (Å²) in [5.74, 6) is -0.562. The van der Waals surface area contributed by atoms with E-state index in [4.69, 9.17) is 10.4 Å². The molecule has 0 aliphatic carbocycles. The highest BCUT2D eigenvalue weighted by molar-refractivity contribution is 6.45. The molecule has 5 N–H and O–H groups in total. The molecule has 0 unspecified atom stereocenters. The van der Waals surface area contributed by atoms with Crippen LogP contribution in [-0.2, 0) is 14.2 Å². The zero-order chi connectivity index (χ0) is 16.3. The van der Waals surface area contributed by atoms with Crippen molar-refractivity contribution in [3.05, 3.63) is 0 Å². The molecule has 0 saturated carbocycles. The van der Waals surface area contributed by atoms with Gasteiger partial charge in [-0.2, -0.15) is 0 Å². The van der Waals surface area contributed by atoms with Crippen LogP contribution in [0.4, 0.5) is 0 Å². The molecule has 0 aromatic carbocycles. The van der Waals surface area contributed by atoms with Gasteiger partial charge in [0.1, 0.15) is 5.54 Å². The van der Waals surface area contributed by atoms with Gasteiger partial charge in [-0.1, -0.05) is 26.7 Å². The summed E-state index contributed by atoms with van der Waals surface area (Å²) in [7, 11) is -1.03. The van der Waals surface area contributed by atoms with Gasteiger partial charge in [0.05, 0.1) is 6.04 Å². The molecule has 8 heteroatoms. The maximum Gasteiger partial charge on any atom is 0.524 e. The number of amides is 1. The van der Waals surface area contributed by atoms with E-state index in [9.17, 15) is 14.6 Å². The normalized spacial score (nSPS) is 30.9. The Hall–Kier alpha value is -1.12. The molecule has 7 nitrogen and oxygen atoms in total. The summed E-state index contributed by atoms with van der Waals surface area (Å²) >= 11 is 0. The van der Waals surface area contributed by atoms with Gasteiger partial charge in [0.2, 0.25) is 5.91 Å². The van der Waals surface area contributed by atoms with E-state index in [-0.39, 0.29) is 17.9 Å². The first-order valence-electron chi connectivity index (χ1n) is 8.04. The lowest BCUT2D eigenvalue weighted by molar-refractivity contribution is -0.143. The lowest BCUT2D eigenvalue weighted by Gasteiger charge is -2.30. The monoisotopic (exact) mass is 311 g/mol. The number of nitrogens with two attached hydrogens (primary N) is 1. The second-order valence-electron chi connectivity index (χ2n) is 6.75. The molecule has 2 rings (SSSR count). The number of carbonyl (C=O) groups is 2. The van der Waals surface area contributed by atoms with Gasteiger partial charge >= 0.3 is 13.1 Å². The molecular weight excluding hydrogens is 285 g/mol. The minimum Gasteiger partial charge on any atom is -0.508 e. The van der Waals surface area contributed by atoms with E-state index in [1.165, 1.54) is 0 Å². The van der Waals surface area contributed by atoms with E-state index < -0.39 is 24.7 Å². The van der Waals surface area contributed by atoms with E-state index in [1.807, 2.05) is 13.8 Å². The summed E-state index contributed by atoms with van der Waals surface area (Å²) in [5, 5.41) is 15.7. The molecule has 0 bridgehead atoms. The molecule has 1 spiro atoms. The van der Waals surface area contributed by atoms with Gasteiger partial charge in [-0.25, -0.2) is 0 Å². The van der Waals surface area contributed by atoms with Gasteiger partial charge in [0, 0.05) is 12.6 Å². The third kappa shape index (κ3) is 3.80. The Bertz CT molecular complexity index is 434. The SMILES string of the molecule is CC(C)[C@H](N)C(=O)N[C@H]1CN[C@]2(CCCCB(O)OC2=O)C1. The molecule has 0 aromatic rings. The van der Waals surface area contributed by atoms with Gasteiger partial charge in [-0.05, 0) is 25.1 Å². The standard InChI is InChI=1S/C14H26BN3O4/c1-9(2)11(16)12(19)18-10-7-14(17-8-10)5-3-4-6-15(21)22-13(14)20/h9-11,17,21H,3-8,16H2,1-2H3,(H,18,19)/t10-,11+,14-/m1/s1. The van der Waals surface area contributed by atoms with Gasteiger partial charge < -0.3 is 20.7 Å². The van der Waals surface area contributed by atoms with Crippen LogP contribution in [0.1, 0.15) is 39.5 Å². The smallest absolute Gasteiger partial charge is 0.508 e. The molecule has 0 aromatic heterocycles. The fourth-order valence-corrected chi connectivity index (χ4v) is 3.07. The van der Waals surface area contributed by atoms with Crippen molar-refractivity contribution in [1.82, 2.24) is 10.6 Å². The predicted molar refractivity (Wildman–Crippen MR) is 82.8 cm³/mol. The van der Waals surface area contributed by atoms with Gasteiger partial charge in [-0.15, -0.1) is 0 Å². The van der Waals surface area contributed by atoms with E-state index in [0.717, 1.165) is 12.8 Å². The molecular formula is C14H26BN3O4. The van der Waals surface area contributed by atoms with E-state index in [2.05, 4.69) is 10.6 Å². The number of hydrogen-bond donors (Lipinski definition) is 4. The van der Waals surface area contributed by atoms with E-state index in [1.54, 1.807) is 0 Å². The second-order valence-corrected chi connectivity index (χ2v) is 6.75. The Labute approximate surface area is 131 Å². The molecule has 2 saturated heterocycles. The zero-order valence-electron chi connectivity index (χ0n) is 13.3. The fourth-order valence-electron chi connectivity index (χ4n) is 3.07. The van der Waals surface area contributed by atoms with Crippen LogP contribution in [0.2, 0.25) is 6.32 Å². The largest absolute Gasteiger partial charge is 0.524 e. The molecule has 124 valence electrons. The molecule has 3 atom stereocenters. The Balaban J connectivity index is 1.97. The van der Waals surface area contributed by atoms with Crippen LogP contribution in [0, 0.1) is 5.92 Å². The molecule has 2 fully saturated rings. The average Bonchev–Trinajstić information content (AvgIpc) is 2.86. The van der Waals surface area contributed by atoms with Crippen molar-refractivity contribution in [3.63, 3.8) is 0 Å². The van der Waals surface area contributed by atoms with Crippen molar-refractivity contribution >= 4 is 19.0 Å². The van der Waals surface area contributed by atoms with Crippen molar-refractivity contribution in [2.24, 2.45) is 11.7 Å². The number of carbonyl (C=O) groups excluding carboxylic acids is 2. The highest BCUT2D eigenvalue weighted by atomic mass is 16.6. The molecule has 2 aliphatic heterocycles. The van der Waals surface area contributed by atoms with Gasteiger partial charge in [-0.3, -0.25) is 14.9 Å². The Morgan fingerprint density at radius 2 is 2.27 bits per heavy atom. The lowest BCUT2D eigenvalue weighted by Crippen LogP contribution is -2.51. The minimum atomic E-state index is -1.03. The van der Waals surface area contributed by atoms with Crippen LogP contribution in [0.25, 0.3) is 0 Å². The van der Waals surface area contributed by atoms with Crippen LogP contribution in [0.15, 0.2) is 0 Å². The summed E-state index contributed by atoms with van der Waals surface area (Å²) in [4.78, 5) is 24.3. The molecule has 1 amide bonds. The maximum absolute atomic E-state index is 12.3. The van der Waals surface area contributed by atoms with Crippen molar-refractivity contribution in [3.8, 4) is 0 Å². The average molecular weight is 311 g/mol. The summed E-state index contributed by atoms with van der Waals surface area (Å²) in [6, 6.07) is -0.705. The van der Waals surface area contributed by atoms with Crippen LogP contribution >= 0.6 is 0 Å². The highest BCUT2D eigenvalue weighted by Gasteiger charge is 2.48. The number of rotatable bonds is 3. The summed E-state index contributed by atoms with van der Waals surface area (Å²) in [6.07, 6.45) is 3.25. The van der Waals surface area contributed by atoms with E-state index >= 15 is 0 Å². The third-order valence-corrected chi connectivity index (χ3v) is 4.59. The van der Waals surface area contributed by atoms with Crippen molar-refractivity contribution in [2.75, 3.05) is 6.54 Å². The Morgan fingerprint density at radius 3 is 2.95 bits per heavy atom. The zero-order valence-corrected chi connectivity index (χ0v) is 13.3.